The first-order chi connectivity index (χ1) is 8.82. The van der Waals surface area contributed by atoms with Gasteiger partial charge in [-0.3, -0.25) is 0 Å². The fourth-order valence-corrected chi connectivity index (χ4v) is 2.09. The highest BCUT2D eigenvalue weighted by Gasteiger charge is 2.35. The molecule has 2 rings (SSSR count). The lowest BCUT2D eigenvalue weighted by atomic mass is 9.95. The third-order valence-corrected chi connectivity index (χ3v) is 3.27. The molecule has 0 aliphatic carbocycles. The van der Waals surface area contributed by atoms with Crippen molar-refractivity contribution in [3.05, 3.63) is 58.4 Å². The summed E-state index contributed by atoms with van der Waals surface area (Å²) in [5, 5.41) is 0.300. The van der Waals surface area contributed by atoms with Crippen molar-refractivity contribution >= 4 is 11.6 Å². The second kappa shape index (κ2) is 4.85. The van der Waals surface area contributed by atoms with Crippen LogP contribution in [0, 0.1) is 12.7 Å². The molecular weight excluding hydrogens is 280 g/mol. The molecule has 0 saturated carbocycles. The Morgan fingerprint density at radius 3 is 2.26 bits per heavy atom. The summed E-state index contributed by atoms with van der Waals surface area (Å²) < 4.78 is 52.7. The zero-order chi connectivity index (χ0) is 14.2. The molecule has 0 N–H and O–H groups in total. The van der Waals surface area contributed by atoms with E-state index in [1.54, 1.807) is 13.0 Å². The molecular formula is C14H9ClF4. The standard InChI is InChI=1S/C14H9ClF4/c1-8-9(4-2-6-11(8)15)13-10(14(17,18)19)5-3-7-12(13)16/h2-7H,1H3. The molecule has 0 amide bonds. The Labute approximate surface area is 112 Å². The van der Waals surface area contributed by atoms with Crippen LogP contribution in [0.5, 0.6) is 0 Å². The molecule has 0 aliphatic rings. The topological polar surface area (TPSA) is 0 Å². The van der Waals surface area contributed by atoms with Crippen LogP contribution in [-0.4, -0.2) is 0 Å². The fraction of sp³-hybridized carbons (Fsp3) is 0.143. The van der Waals surface area contributed by atoms with Gasteiger partial charge in [0.1, 0.15) is 5.82 Å². The maximum Gasteiger partial charge on any atom is 0.417 e. The van der Waals surface area contributed by atoms with Crippen LogP contribution in [0.15, 0.2) is 36.4 Å². The molecule has 0 unspecified atom stereocenters. The highest BCUT2D eigenvalue weighted by Crippen LogP contribution is 2.40. The van der Waals surface area contributed by atoms with E-state index in [1.807, 2.05) is 0 Å². The molecule has 0 aromatic heterocycles. The number of benzene rings is 2. The number of hydrogen-bond acceptors (Lipinski definition) is 0. The Morgan fingerprint density at radius 2 is 1.63 bits per heavy atom. The fourth-order valence-electron chi connectivity index (χ4n) is 1.91. The summed E-state index contributed by atoms with van der Waals surface area (Å²) in [7, 11) is 0. The zero-order valence-electron chi connectivity index (χ0n) is 9.85. The van der Waals surface area contributed by atoms with Gasteiger partial charge < -0.3 is 0 Å². The number of rotatable bonds is 1. The molecule has 19 heavy (non-hydrogen) atoms. The summed E-state index contributed by atoms with van der Waals surface area (Å²) in [6.07, 6.45) is -4.62. The molecule has 0 fully saturated rings. The lowest BCUT2D eigenvalue weighted by molar-refractivity contribution is -0.137. The number of halogens is 5. The van der Waals surface area contributed by atoms with Crippen molar-refractivity contribution in [2.24, 2.45) is 0 Å². The predicted molar refractivity (Wildman–Crippen MR) is 66.6 cm³/mol. The van der Waals surface area contributed by atoms with Gasteiger partial charge in [-0.25, -0.2) is 4.39 Å². The highest BCUT2D eigenvalue weighted by molar-refractivity contribution is 6.31. The Balaban J connectivity index is 2.79. The van der Waals surface area contributed by atoms with Crippen molar-refractivity contribution in [2.45, 2.75) is 13.1 Å². The molecule has 2 aromatic carbocycles. The Hall–Kier alpha value is -1.55. The van der Waals surface area contributed by atoms with E-state index < -0.39 is 23.1 Å². The van der Waals surface area contributed by atoms with Crippen LogP contribution in [0.2, 0.25) is 5.02 Å². The summed E-state index contributed by atoms with van der Waals surface area (Å²) in [6.45, 7) is 1.56. The van der Waals surface area contributed by atoms with Crippen molar-refractivity contribution in [1.29, 1.82) is 0 Å². The molecule has 0 radical (unpaired) electrons. The van der Waals surface area contributed by atoms with E-state index in [1.165, 1.54) is 12.1 Å². The van der Waals surface area contributed by atoms with E-state index in [0.717, 1.165) is 18.2 Å². The van der Waals surface area contributed by atoms with Crippen LogP contribution in [0.4, 0.5) is 17.6 Å². The van der Waals surface area contributed by atoms with Gasteiger partial charge in [0.15, 0.2) is 0 Å². The summed E-state index contributed by atoms with van der Waals surface area (Å²) in [5.41, 5.74) is -0.898. The van der Waals surface area contributed by atoms with Crippen molar-refractivity contribution < 1.29 is 17.6 Å². The lowest BCUT2D eigenvalue weighted by Crippen LogP contribution is -2.09. The Bertz CT molecular complexity index is 617. The van der Waals surface area contributed by atoms with E-state index in [-0.39, 0.29) is 5.56 Å². The van der Waals surface area contributed by atoms with Gasteiger partial charge in [0.25, 0.3) is 0 Å². The third-order valence-electron chi connectivity index (χ3n) is 2.86. The molecule has 0 spiro atoms. The third kappa shape index (κ3) is 2.59. The van der Waals surface area contributed by atoms with Gasteiger partial charge in [-0.15, -0.1) is 0 Å². The maximum atomic E-state index is 13.8. The molecule has 0 bridgehead atoms. The molecule has 0 nitrogen and oxygen atoms in total. The first-order valence-corrected chi connectivity index (χ1v) is 5.81. The normalized spacial score (nSPS) is 11.7. The van der Waals surface area contributed by atoms with Crippen molar-refractivity contribution in [1.82, 2.24) is 0 Å². The van der Waals surface area contributed by atoms with Gasteiger partial charge in [-0.1, -0.05) is 29.8 Å². The molecule has 100 valence electrons. The van der Waals surface area contributed by atoms with Crippen LogP contribution >= 0.6 is 11.6 Å². The van der Waals surface area contributed by atoms with Crippen LogP contribution < -0.4 is 0 Å². The van der Waals surface area contributed by atoms with Gasteiger partial charge in [0.05, 0.1) is 5.56 Å². The van der Waals surface area contributed by atoms with E-state index in [4.69, 9.17) is 11.6 Å². The molecule has 0 heterocycles. The highest BCUT2D eigenvalue weighted by atomic mass is 35.5. The summed E-state index contributed by atoms with van der Waals surface area (Å²) >= 11 is 5.88. The van der Waals surface area contributed by atoms with Gasteiger partial charge in [-0.05, 0) is 36.2 Å². The predicted octanol–water partition coefficient (Wildman–Crippen LogP) is 5.47. The van der Waals surface area contributed by atoms with Gasteiger partial charge >= 0.3 is 6.18 Å². The van der Waals surface area contributed by atoms with E-state index in [0.29, 0.717) is 10.6 Å². The smallest absolute Gasteiger partial charge is 0.206 e. The number of alkyl halides is 3. The second-order valence-electron chi connectivity index (χ2n) is 4.07. The zero-order valence-corrected chi connectivity index (χ0v) is 10.6. The largest absolute Gasteiger partial charge is 0.417 e. The Morgan fingerprint density at radius 1 is 1.00 bits per heavy atom. The van der Waals surface area contributed by atoms with E-state index in [2.05, 4.69) is 0 Å². The number of hydrogen-bond donors (Lipinski definition) is 0. The van der Waals surface area contributed by atoms with Gasteiger partial charge in [-0.2, -0.15) is 13.2 Å². The minimum Gasteiger partial charge on any atom is -0.206 e. The minimum atomic E-state index is -4.62. The van der Waals surface area contributed by atoms with Crippen LogP contribution in [0.25, 0.3) is 11.1 Å². The molecule has 0 aliphatic heterocycles. The van der Waals surface area contributed by atoms with E-state index >= 15 is 0 Å². The second-order valence-corrected chi connectivity index (χ2v) is 4.48. The first-order valence-electron chi connectivity index (χ1n) is 5.43. The van der Waals surface area contributed by atoms with Crippen LogP contribution in [0.3, 0.4) is 0 Å². The summed E-state index contributed by atoms with van der Waals surface area (Å²) in [4.78, 5) is 0. The SMILES string of the molecule is Cc1c(Cl)cccc1-c1c(F)cccc1C(F)(F)F. The molecule has 5 heteroatoms. The van der Waals surface area contributed by atoms with Crippen LogP contribution in [0.1, 0.15) is 11.1 Å². The van der Waals surface area contributed by atoms with E-state index in [9.17, 15) is 17.6 Å². The molecule has 0 saturated heterocycles. The lowest BCUT2D eigenvalue weighted by Gasteiger charge is -2.15. The van der Waals surface area contributed by atoms with Gasteiger partial charge in [0, 0.05) is 10.6 Å². The average molecular weight is 289 g/mol. The van der Waals surface area contributed by atoms with Crippen LogP contribution in [-0.2, 0) is 6.18 Å². The molecule has 2 aromatic rings. The monoisotopic (exact) mass is 288 g/mol. The van der Waals surface area contributed by atoms with Gasteiger partial charge in [0.2, 0.25) is 0 Å². The summed E-state index contributed by atoms with van der Waals surface area (Å²) in [5.74, 6) is -0.916. The molecule has 0 atom stereocenters. The average Bonchev–Trinajstić information content (AvgIpc) is 2.32. The quantitative estimate of drug-likeness (QED) is 0.610. The van der Waals surface area contributed by atoms with Crippen molar-refractivity contribution in [3.63, 3.8) is 0 Å². The first kappa shape index (κ1) is 13.9. The maximum absolute atomic E-state index is 13.8. The Kier molecular flexibility index (Phi) is 3.54. The van der Waals surface area contributed by atoms with Crippen molar-refractivity contribution in [3.8, 4) is 11.1 Å². The van der Waals surface area contributed by atoms with Crippen molar-refractivity contribution in [2.75, 3.05) is 0 Å². The summed E-state index contributed by atoms with van der Waals surface area (Å²) in [6, 6.07) is 7.38. The minimum absolute atomic E-state index is 0.151.